The molecule has 0 fully saturated rings. The van der Waals surface area contributed by atoms with E-state index >= 15 is 0 Å². The number of hydrogen-bond donors (Lipinski definition) is 1. The third-order valence-corrected chi connectivity index (χ3v) is 8.03. The fourth-order valence-corrected chi connectivity index (χ4v) is 6.15. The molecule has 0 saturated carbocycles. The van der Waals surface area contributed by atoms with Gasteiger partial charge in [-0.05, 0) is 73.8 Å². The van der Waals surface area contributed by atoms with Crippen molar-refractivity contribution in [1.82, 2.24) is 10.2 Å². The van der Waals surface area contributed by atoms with E-state index in [4.69, 9.17) is 4.74 Å². The normalized spacial score (nSPS) is 16.9. The molecule has 0 heterocycles. The molecule has 4 aromatic rings. The van der Waals surface area contributed by atoms with E-state index < -0.39 is 17.7 Å². The number of carbonyl (C=O) groups excluding carboxylic acids is 2. The summed E-state index contributed by atoms with van der Waals surface area (Å²) < 4.78 is 5.64. The van der Waals surface area contributed by atoms with Gasteiger partial charge in [-0.15, -0.1) is 0 Å². The van der Waals surface area contributed by atoms with Crippen molar-refractivity contribution < 1.29 is 14.3 Å². The Morgan fingerprint density at radius 2 is 1.35 bits per heavy atom. The van der Waals surface area contributed by atoms with Gasteiger partial charge in [0.05, 0.1) is 6.04 Å². The molecule has 0 bridgehead atoms. The molecule has 5 heteroatoms. The van der Waals surface area contributed by atoms with Gasteiger partial charge in [0.15, 0.2) is 0 Å². The number of nitrogens with zero attached hydrogens (tertiary/aromatic N) is 1. The Kier molecular flexibility index (Phi) is 9.61. The Morgan fingerprint density at radius 3 is 1.98 bits per heavy atom. The lowest BCUT2D eigenvalue weighted by Gasteiger charge is -2.43. The van der Waals surface area contributed by atoms with Crippen LogP contribution in [0.25, 0.3) is 0 Å². The SMILES string of the molecule is CC(C)(C)OC(=O)NC(Cc1ccccc1)C(=O)N(Cc1ccccc1)C1c2ccccc2CCC1Cc1ccccc1. The number of amides is 2. The number of ether oxygens (including phenoxy) is 1. The van der Waals surface area contributed by atoms with Crippen molar-refractivity contribution in [2.24, 2.45) is 5.92 Å². The Bertz CT molecular complexity index is 1480. The van der Waals surface area contributed by atoms with Crippen molar-refractivity contribution in [2.45, 2.75) is 70.7 Å². The molecule has 3 unspecified atom stereocenters. The molecule has 5 nitrogen and oxygen atoms in total. The van der Waals surface area contributed by atoms with E-state index in [0.717, 1.165) is 30.4 Å². The maximum Gasteiger partial charge on any atom is 0.408 e. The second-order valence-corrected chi connectivity index (χ2v) is 12.5. The lowest BCUT2D eigenvalue weighted by Crippen LogP contribution is -2.53. The summed E-state index contributed by atoms with van der Waals surface area (Å²) in [6.07, 6.45) is 2.58. The molecule has 0 radical (unpaired) electrons. The zero-order valence-corrected chi connectivity index (χ0v) is 25.4. The molecule has 0 saturated heterocycles. The van der Waals surface area contributed by atoms with Crippen LogP contribution in [0.2, 0.25) is 0 Å². The molecule has 0 spiro atoms. The third-order valence-electron chi connectivity index (χ3n) is 8.03. The van der Waals surface area contributed by atoms with E-state index in [1.165, 1.54) is 16.7 Å². The maximum atomic E-state index is 14.9. The minimum absolute atomic E-state index is 0.113. The van der Waals surface area contributed by atoms with Crippen LogP contribution in [0.4, 0.5) is 4.79 Å². The van der Waals surface area contributed by atoms with Crippen molar-refractivity contribution in [3.05, 3.63) is 143 Å². The van der Waals surface area contributed by atoms with Gasteiger partial charge >= 0.3 is 6.09 Å². The number of carbonyl (C=O) groups is 2. The molecule has 1 N–H and O–H groups in total. The van der Waals surface area contributed by atoms with Gasteiger partial charge in [0, 0.05) is 13.0 Å². The molecular weight excluding hydrogens is 532 g/mol. The van der Waals surface area contributed by atoms with Crippen LogP contribution in [0.15, 0.2) is 115 Å². The fourth-order valence-electron chi connectivity index (χ4n) is 6.15. The summed E-state index contributed by atoms with van der Waals surface area (Å²) in [5.41, 5.74) is 5.07. The van der Waals surface area contributed by atoms with E-state index in [0.29, 0.717) is 13.0 Å². The lowest BCUT2D eigenvalue weighted by molar-refractivity contribution is -0.138. The highest BCUT2D eigenvalue weighted by Gasteiger charge is 2.39. The summed E-state index contributed by atoms with van der Waals surface area (Å²) in [6, 6.07) is 38.1. The van der Waals surface area contributed by atoms with Gasteiger partial charge in [0.2, 0.25) is 5.91 Å². The van der Waals surface area contributed by atoms with E-state index in [-0.39, 0.29) is 17.9 Å². The monoisotopic (exact) mass is 574 g/mol. The quantitative estimate of drug-likeness (QED) is 0.223. The number of rotatable bonds is 9. The molecule has 0 aromatic heterocycles. The smallest absolute Gasteiger partial charge is 0.408 e. The highest BCUT2D eigenvalue weighted by Crippen LogP contribution is 2.41. The van der Waals surface area contributed by atoms with E-state index in [9.17, 15) is 9.59 Å². The number of aryl methyl sites for hydroxylation is 1. The summed E-state index contributed by atoms with van der Waals surface area (Å²) in [4.78, 5) is 30.1. The maximum absolute atomic E-state index is 14.9. The van der Waals surface area contributed by atoms with Crippen LogP contribution in [0.5, 0.6) is 0 Å². The first-order chi connectivity index (χ1) is 20.8. The lowest BCUT2D eigenvalue weighted by atomic mass is 9.75. The van der Waals surface area contributed by atoms with Crippen LogP contribution >= 0.6 is 0 Å². The minimum atomic E-state index is -0.799. The van der Waals surface area contributed by atoms with Gasteiger partial charge in [0.25, 0.3) is 0 Å². The molecule has 1 aliphatic carbocycles. The zero-order chi connectivity index (χ0) is 30.2. The summed E-state index contributed by atoms with van der Waals surface area (Å²) in [6.45, 7) is 5.92. The van der Waals surface area contributed by atoms with Crippen LogP contribution in [-0.4, -0.2) is 28.5 Å². The van der Waals surface area contributed by atoms with Crippen LogP contribution < -0.4 is 5.32 Å². The Morgan fingerprint density at radius 1 is 0.791 bits per heavy atom. The third kappa shape index (κ3) is 8.13. The van der Waals surface area contributed by atoms with E-state index in [2.05, 4.69) is 66.0 Å². The molecule has 1 aliphatic rings. The van der Waals surface area contributed by atoms with Gasteiger partial charge < -0.3 is 15.0 Å². The number of nitrogens with one attached hydrogen (secondary N) is 1. The Labute approximate surface area is 255 Å². The fraction of sp³-hybridized carbons (Fsp3) is 0.316. The van der Waals surface area contributed by atoms with Gasteiger partial charge in [-0.2, -0.15) is 0 Å². The molecule has 43 heavy (non-hydrogen) atoms. The molecule has 0 aliphatic heterocycles. The topological polar surface area (TPSA) is 58.6 Å². The summed E-state index contributed by atoms with van der Waals surface area (Å²) >= 11 is 0. The second-order valence-electron chi connectivity index (χ2n) is 12.5. The number of hydrogen-bond acceptors (Lipinski definition) is 3. The van der Waals surface area contributed by atoms with Crippen LogP contribution in [-0.2, 0) is 35.3 Å². The Hall–Kier alpha value is -4.38. The average Bonchev–Trinajstić information content (AvgIpc) is 3.00. The predicted molar refractivity (Wildman–Crippen MR) is 171 cm³/mol. The molecule has 3 atom stereocenters. The van der Waals surface area contributed by atoms with Gasteiger partial charge in [-0.25, -0.2) is 4.79 Å². The largest absolute Gasteiger partial charge is 0.444 e. The highest BCUT2D eigenvalue weighted by molar-refractivity contribution is 5.86. The first-order valence-corrected chi connectivity index (χ1v) is 15.3. The summed E-state index contributed by atoms with van der Waals surface area (Å²) in [5, 5.41) is 2.96. The number of fused-ring (bicyclic) bond motifs is 1. The summed E-state index contributed by atoms with van der Waals surface area (Å²) in [7, 11) is 0. The number of alkyl carbamates (subject to hydrolysis) is 1. The van der Waals surface area contributed by atoms with Gasteiger partial charge in [0.1, 0.15) is 11.6 Å². The molecule has 4 aromatic carbocycles. The first-order valence-electron chi connectivity index (χ1n) is 15.3. The predicted octanol–water partition coefficient (Wildman–Crippen LogP) is 7.70. The van der Waals surface area contributed by atoms with Crippen molar-refractivity contribution >= 4 is 12.0 Å². The molecular formula is C38H42N2O3. The molecule has 2 amide bonds. The Balaban J connectivity index is 1.57. The second kappa shape index (κ2) is 13.7. The van der Waals surface area contributed by atoms with Crippen LogP contribution in [0, 0.1) is 5.92 Å². The summed E-state index contributed by atoms with van der Waals surface area (Å²) in [5.74, 6) is 0.0993. The van der Waals surface area contributed by atoms with Gasteiger partial charge in [-0.1, -0.05) is 115 Å². The standard InChI is InChI=1S/C38H42N2O3/c1-38(2,3)43-37(42)39-34(26-29-17-9-5-10-18-29)36(41)40(27-30-19-11-6-12-20-30)35-32(25-28-15-7-4-8-16-28)24-23-31-21-13-14-22-33(31)35/h4-22,32,34-35H,23-27H2,1-3H3,(H,39,42). The molecule has 222 valence electrons. The van der Waals surface area contributed by atoms with Crippen molar-refractivity contribution in [2.75, 3.05) is 0 Å². The van der Waals surface area contributed by atoms with Gasteiger partial charge in [-0.3, -0.25) is 4.79 Å². The van der Waals surface area contributed by atoms with Crippen molar-refractivity contribution in [3.63, 3.8) is 0 Å². The van der Waals surface area contributed by atoms with Crippen LogP contribution in [0.1, 0.15) is 61.1 Å². The van der Waals surface area contributed by atoms with E-state index in [1.54, 1.807) is 0 Å². The van der Waals surface area contributed by atoms with E-state index in [1.807, 2.05) is 80.3 Å². The number of benzene rings is 4. The van der Waals surface area contributed by atoms with Crippen molar-refractivity contribution in [3.8, 4) is 0 Å². The van der Waals surface area contributed by atoms with Crippen LogP contribution in [0.3, 0.4) is 0 Å². The first kappa shape index (κ1) is 30.1. The molecule has 5 rings (SSSR count). The average molecular weight is 575 g/mol. The zero-order valence-electron chi connectivity index (χ0n) is 25.4. The highest BCUT2D eigenvalue weighted by atomic mass is 16.6. The van der Waals surface area contributed by atoms with Crippen molar-refractivity contribution in [1.29, 1.82) is 0 Å². The minimum Gasteiger partial charge on any atom is -0.444 e.